The summed E-state index contributed by atoms with van der Waals surface area (Å²) in [5.41, 5.74) is 0. The van der Waals surface area contributed by atoms with Gasteiger partial charge in [-0.1, -0.05) is 0 Å². The fraction of sp³-hybridized carbons (Fsp3) is 0.778. The third-order valence-corrected chi connectivity index (χ3v) is 2.85. The Kier molecular flexibility index (Phi) is 2.52. The summed E-state index contributed by atoms with van der Waals surface area (Å²) in [6.45, 7) is 1.36. The molecule has 14 heavy (non-hydrogen) atoms. The predicted molar refractivity (Wildman–Crippen MR) is 48.5 cm³/mol. The number of carbonyl (C=O) groups excluding carboxylic acids is 2. The quantitative estimate of drug-likeness (QED) is 0.585. The van der Waals surface area contributed by atoms with E-state index in [0.717, 1.165) is 0 Å². The Labute approximate surface area is 82.4 Å². The smallest absolute Gasteiger partial charge is 0.230 e. The zero-order chi connectivity index (χ0) is 10.1. The van der Waals surface area contributed by atoms with Gasteiger partial charge in [0.2, 0.25) is 11.8 Å². The van der Waals surface area contributed by atoms with Crippen LogP contribution in [0.4, 0.5) is 0 Å². The largest absolute Gasteiger partial charge is 0.378 e. The first kappa shape index (κ1) is 9.61. The monoisotopic (exact) mass is 198 g/mol. The number of nitrogens with one attached hydrogen (secondary N) is 1. The van der Waals surface area contributed by atoms with Gasteiger partial charge >= 0.3 is 0 Å². The van der Waals surface area contributed by atoms with Crippen molar-refractivity contribution in [1.82, 2.24) is 10.2 Å². The van der Waals surface area contributed by atoms with Gasteiger partial charge in [0.25, 0.3) is 0 Å². The van der Waals surface area contributed by atoms with Crippen molar-refractivity contribution in [2.75, 3.05) is 20.2 Å². The summed E-state index contributed by atoms with van der Waals surface area (Å²) < 4.78 is 5.22. The number of ether oxygens (including phenoxy) is 1. The summed E-state index contributed by atoms with van der Waals surface area (Å²) in [6.07, 6.45) is 0.651. The topological polar surface area (TPSA) is 58.6 Å². The van der Waals surface area contributed by atoms with Crippen molar-refractivity contribution in [3.63, 3.8) is 0 Å². The summed E-state index contributed by atoms with van der Waals surface area (Å²) in [5, 5.41) is 3.12. The average Bonchev–Trinajstić information content (AvgIpc) is 2.73. The molecular weight excluding hydrogens is 184 g/mol. The molecule has 0 spiro atoms. The van der Waals surface area contributed by atoms with Gasteiger partial charge in [-0.2, -0.15) is 0 Å². The lowest BCUT2D eigenvalue weighted by Crippen LogP contribution is -2.46. The van der Waals surface area contributed by atoms with Crippen LogP contribution < -0.4 is 5.32 Å². The van der Waals surface area contributed by atoms with Crippen LogP contribution in [0.2, 0.25) is 0 Å². The summed E-state index contributed by atoms with van der Waals surface area (Å²) in [6, 6.07) is -0.109. The van der Waals surface area contributed by atoms with Crippen molar-refractivity contribution in [3.8, 4) is 0 Å². The number of hydrogen-bond donors (Lipinski definition) is 1. The Morgan fingerprint density at radius 2 is 1.93 bits per heavy atom. The first-order valence-electron chi connectivity index (χ1n) is 4.82. The van der Waals surface area contributed by atoms with Crippen LogP contribution in [0.25, 0.3) is 0 Å². The maximum absolute atomic E-state index is 11.5. The lowest BCUT2D eigenvalue weighted by atomic mass is 10.2. The summed E-state index contributed by atoms with van der Waals surface area (Å²) in [7, 11) is 1.61. The second-order valence-electron chi connectivity index (χ2n) is 3.66. The molecule has 0 bridgehead atoms. The number of methoxy groups -OCH3 is 1. The number of amides is 2. The van der Waals surface area contributed by atoms with Crippen molar-refractivity contribution in [3.05, 3.63) is 0 Å². The number of hydrogen-bond acceptors (Lipinski definition) is 4. The first-order chi connectivity index (χ1) is 6.74. The van der Waals surface area contributed by atoms with Gasteiger partial charge in [-0.05, 0) is 0 Å². The molecule has 2 unspecified atom stereocenters. The van der Waals surface area contributed by atoms with Crippen molar-refractivity contribution in [2.45, 2.75) is 25.0 Å². The lowest BCUT2D eigenvalue weighted by molar-refractivity contribution is -0.143. The number of carbonyl (C=O) groups is 2. The second kappa shape index (κ2) is 3.67. The maximum Gasteiger partial charge on any atom is 0.230 e. The van der Waals surface area contributed by atoms with E-state index in [1.165, 1.54) is 4.90 Å². The van der Waals surface area contributed by atoms with E-state index in [4.69, 9.17) is 4.74 Å². The highest BCUT2D eigenvalue weighted by Crippen LogP contribution is 2.20. The van der Waals surface area contributed by atoms with E-state index in [9.17, 15) is 9.59 Å². The molecular formula is C9H14N2O3. The highest BCUT2D eigenvalue weighted by molar-refractivity contribution is 6.02. The molecule has 5 heteroatoms. The molecule has 2 saturated heterocycles. The standard InChI is InChI=1S/C9H14N2O3/c1-14-7-5-10-4-6(7)11-8(12)2-3-9(11)13/h6-7,10H,2-5H2,1H3. The molecule has 0 aliphatic carbocycles. The fourth-order valence-electron chi connectivity index (χ4n) is 2.10. The van der Waals surface area contributed by atoms with Crippen LogP contribution in [0.1, 0.15) is 12.8 Å². The zero-order valence-corrected chi connectivity index (χ0v) is 8.16. The number of nitrogens with zero attached hydrogens (tertiary/aromatic N) is 1. The summed E-state index contributed by atoms with van der Waals surface area (Å²) in [4.78, 5) is 24.3. The lowest BCUT2D eigenvalue weighted by Gasteiger charge is -2.25. The molecule has 2 heterocycles. The van der Waals surface area contributed by atoms with Crippen LogP contribution in [0.15, 0.2) is 0 Å². The molecule has 1 N–H and O–H groups in total. The molecule has 2 aliphatic heterocycles. The van der Waals surface area contributed by atoms with Crippen LogP contribution in [-0.4, -0.2) is 49.1 Å². The van der Waals surface area contributed by atoms with Gasteiger partial charge in [-0.25, -0.2) is 0 Å². The normalized spacial score (nSPS) is 33.1. The van der Waals surface area contributed by atoms with Crippen LogP contribution in [-0.2, 0) is 14.3 Å². The second-order valence-corrected chi connectivity index (χ2v) is 3.66. The molecule has 5 nitrogen and oxygen atoms in total. The van der Waals surface area contributed by atoms with Crippen molar-refractivity contribution in [2.24, 2.45) is 0 Å². The average molecular weight is 198 g/mol. The Hall–Kier alpha value is -0.940. The minimum atomic E-state index is -0.109. The van der Waals surface area contributed by atoms with Crippen molar-refractivity contribution in [1.29, 1.82) is 0 Å². The first-order valence-corrected chi connectivity index (χ1v) is 4.82. The zero-order valence-electron chi connectivity index (χ0n) is 8.16. The van der Waals surface area contributed by atoms with E-state index in [0.29, 0.717) is 25.9 Å². The Morgan fingerprint density at radius 3 is 2.50 bits per heavy atom. The third kappa shape index (κ3) is 1.42. The maximum atomic E-state index is 11.5. The Bertz CT molecular complexity index is 251. The van der Waals surface area contributed by atoms with E-state index in [1.807, 2.05) is 0 Å². The van der Waals surface area contributed by atoms with E-state index in [2.05, 4.69) is 5.32 Å². The van der Waals surface area contributed by atoms with E-state index >= 15 is 0 Å². The third-order valence-electron chi connectivity index (χ3n) is 2.85. The fourth-order valence-corrected chi connectivity index (χ4v) is 2.10. The van der Waals surface area contributed by atoms with Gasteiger partial charge in [0.1, 0.15) is 0 Å². The SMILES string of the molecule is COC1CNCC1N1C(=O)CCC1=O. The molecule has 2 atom stereocenters. The van der Waals surface area contributed by atoms with Gasteiger partial charge in [0, 0.05) is 33.0 Å². The molecule has 0 aromatic heterocycles. The van der Waals surface area contributed by atoms with Gasteiger partial charge in [-0.3, -0.25) is 14.5 Å². The molecule has 0 radical (unpaired) electrons. The highest BCUT2D eigenvalue weighted by Gasteiger charge is 2.41. The predicted octanol–water partition coefficient (Wildman–Crippen LogP) is -0.878. The molecule has 2 aliphatic rings. The van der Waals surface area contributed by atoms with Gasteiger partial charge in [-0.15, -0.1) is 0 Å². The summed E-state index contributed by atoms with van der Waals surface area (Å²) >= 11 is 0. The minimum Gasteiger partial charge on any atom is -0.378 e. The Balaban J connectivity index is 2.13. The van der Waals surface area contributed by atoms with Crippen molar-refractivity contribution >= 4 is 11.8 Å². The molecule has 2 fully saturated rings. The molecule has 78 valence electrons. The number of imide groups is 1. The molecule has 0 aromatic carbocycles. The highest BCUT2D eigenvalue weighted by atomic mass is 16.5. The minimum absolute atomic E-state index is 0.0546. The van der Waals surface area contributed by atoms with E-state index in [1.54, 1.807) is 7.11 Å². The molecule has 0 aromatic rings. The van der Waals surface area contributed by atoms with Crippen LogP contribution in [0.3, 0.4) is 0 Å². The van der Waals surface area contributed by atoms with Crippen molar-refractivity contribution < 1.29 is 14.3 Å². The number of rotatable bonds is 2. The van der Waals surface area contributed by atoms with Gasteiger partial charge in [0.05, 0.1) is 12.1 Å². The van der Waals surface area contributed by atoms with E-state index in [-0.39, 0.29) is 24.0 Å². The van der Waals surface area contributed by atoms with Crippen LogP contribution >= 0.6 is 0 Å². The molecule has 2 amide bonds. The molecule has 0 saturated carbocycles. The van der Waals surface area contributed by atoms with Crippen LogP contribution in [0.5, 0.6) is 0 Å². The molecule has 2 rings (SSSR count). The van der Waals surface area contributed by atoms with Gasteiger partial charge < -0.3 is 10.1 Å². The van der Waals surface area contributed by atoms with Crippen LogP contribution in [0, 0.1) is 0 Å². The number of likely N-dealkylation sites (tertiary alicyclic amines) is 1. The summed E-state index contributed by atoms with van der Waals surface area (Å²) in [5.74, 6) is -0.128. The Morgan fingerprint density at radius 1 is 1.29 bits per heavy atom. The van der Waals surface area contributed by atoms with Gasteiger partial charge in [0.15, 0.2) is 0 Å². The van der Waals surface area contributed by atoms with E-state index < -0.39 is 0 Å².